The van der Waals surface area contributed by atoms with E-state index >= 15 is 0 Å². The molecule has 0 saturated carbocycles. The van der Waals surface area contributed by atoms with E-state index < -0.39 is 28.5 Å². The number of carbonyl (C=O) groups excluding carboxylic acids is 2. The summed E-state index contributed by atoms with van der Waals surface area (Å²) >= 11 is 0. The summed E-state index contributed by atoms with van der Waals surface area (Å²) in [7, 11) is -3.74. The third kappa shape index (κ3) is 8.09. The minimum Gasteiger partial charge on any atom is -0.352 e. The summed E-state index contributed by atoms with van der Waals surface area (Å²) < 4.78 is 26.5. The summed E-state index contributed by atoms with van der Waals surface area (Å²) in [5.74, 6) is -0.420. The molecule has 1 N–H and O–H groups in total. The van der Waals surface area contributed by atoms with Crippen LogP contribution in [0.15, 0.2) is 48.5 Å². The van der Waals surface area contributed by atoms with E-state index in [1.54, 1.807) is 19.1 Å². The fraction of sp³-hybridized carbons (Fsp3) is 0.481. The minimum atomic E-state index is -3.74. The molecule has 2 aromatic carbocycles. The monoisotopic (exact) mass is 501 g/mol. The van der Waals surface area contributed by atoms with Crippen LogP contribution in [0, 0.1) is 6.92 Å². The summed E-state index contributed by atoms with van der Waals surface area (Å²) in [6.45, 7) is 11.4. The predicted molar refractivity (Wildman–Crippen MR) is 142 cm³/mol. The van der Waals surface area contributed by atoms with Crippen LogP contribution in [0.1, 0.15) is 63.6 Å². The maximum atomic E-state index is 13.6. The molecule has 2 amide bonds. The van der Waals surface area contributed by atoms with E-state index in [2.05, 4.69) is 19.2 Å². The second-order valence-corrected chi connectivity index (χ2v) is 11.4. The Hall–Kier alpha value is -2.87. The highest BCUT2D eigenvalue weighted by Gasteiger charge is 2.30. The van der Waals surface area contributed by atoms with Crippen LogP contribution in [0.2, 0.25) is 0 Å². The molecule has 0 fully saturated rings. The van der Waals surface area contributed by atoms with E-state index in [0.717, 1.165) is 33.7 Å². The number of nitrogens with zero attached hydrogens (tertiary/aromatic N) is 2. The molecule has 2 atom stereocenters. The summed E-state index contributed by atoms with van der Waals surface area (Å²) in [6.07, 6.45) is 1.85. The third-order valence-corrected chi connectivity index (χ3v) is 7.27. The third-order valence-electron chi connectivity index (χ3n) is 6.13. The van der Waals surface area contributed by atoms with Gasteiger partial charge >= 0.3 is 0 Å². The molecule has 0 bridgehead atoms. The maximum absolute atomic E-state index is 13.6. The number of hydrogen-bond acceptors (Lipinski definition) is 4. The molecule has 35 heavy (non-hydrogen) atoms. The lowest BCUT2D eigenvalue weighted by Gasteiger charge is -2.32. The molecule has 0 aliphatic carbocycles. The molecule has 192 valence electrons. The molecule has 0 radical (unpaired) electrons. The lowest BCUT2D eigenvalue weighted by Crippen LogP contribution is -2.52. The van der Waals surface area contributed by atoms with Crippen LogP contribution in [-0.4, -0.2) is 50.0 Å². The molecule has 7 nitrogen and oxygen atoms in total. The van der Waals surface area contributed by atoms with Gasteiger partial charge in [0.25, 0.3) is 0 Å². The summed E-state index contributed by atoms with van der Waals surface area (Å²) in [5.41, 5.74) is 3.39. The first-order valence-corrected chi connectivity index (χ1v) is 13.9. The number of aryl methyl sites for hydroxylation is 1. The molecule has 8 heteroatoms. The van der Waals surface area contributed by atoms with Crippen LogP contribution >= 0.6 is 0 Å². The van der Waals surface area contributed by atoms with Crippen LogP contribution in [0.4, 0.5) is 5.69 Å². The Labute approximate surface area is 210 Å². The summed E-state index contributed by atoms with van der Waals surface area (Å²) in [6, 6.07) is 14.1. The molecule has 0 saturated heterocycles. The average Bonchev–Trinajstić information content (AvgIpc) is 2.79. The molecule has 2 aromatic rings. The Balaban J connectivity index is 2.38. The normalized spacial score (nSPS) is 13.3. The maximum Gasteiger partial charge on any atom is 0.244 e. The number of benzene rings is 2. The zero-order valence-electron chi connectivity index (χ0n) is 21.9. The van der Waals surface area contributed by atoms with Gasteiger partial charge in [-0.15, -0.1) is 0 Å². The number of hydrogen-bond donors (Lipinski definition) is 1. The van der Waals surface area contributed by atoms with Gasteiger partial charge in [-0.2, -0.15) is 0 Å². The van der Waals surface area contributed by atoms with Crippen LogP contribution in [0.5, 0.6) is 0 Å². The molecule has 0 spiro atoms. The van der Waals surface area contributed by atoms with Gasteiger partial charge in [0.15, 0.2) is 0 Å². The first kappa shape index (κ1) is 28.4. The van der Waals surface area contributed by atoms with E-state index in [9.17, 15) is 18.0 Å². The van der Waals surface area contributed by atoms with E-state index in [4.69, 9.17) is 0 Å². The van der Waals surface area contributed by atoms with Crippen molar-refractivity contribution in [2.45, 2.75) is 72.5 Å². The van der Waals surface area contributed by atoms with Gasteiger partial charge in [-0.25, -0.2) is 8.42 Å². The minimum absolute atomic E-state index is 0.0344. The predicted octanol–water partition coefficient (Wildman–Crippen LogP) is 4.22. The Bertz CT molecular complexity index is 1110. The number of rotatable bonds is 11. The molecule has 2 rings (SSSR count). The number of amides is 2. The highest BCUT2D eigenvalue weighted by atomic mass is 32.2. The van der Waals surface area contributed by atoms with Gasteiger partial charge in [0, 0.05) is 12.6 Å². The van der Waals surface area contributed by atoms with Crippen LogP contribution < -0.4 is 9.62 Å². The van der Waals surface area contributed by atoms with Gasteiger partial charge in [-0.05, 0) is 56.4 Å². The van der Waals surface area contributed by atoms with Crippen molar-refractivity contribution >= 4 is 27.5 Å². The number of nitrogens with one attached hydrogen (secondary N) is 1. The Kier molecular flexibility index (Phi) is 9.89. The Morgan fingerprint density at radius 3 is 2.14 bits per heavy atom. The van der Waals surface area contributed by atoms with Gasteiger partial charge in [-0.1, -0.05) is 62.7 Å². The topological polar surface area (TPSA) is 86.8 Å². The van der Waals surface area contributed by atoms with E-state index in [1.165, 1.54) is 4.90 Å². The van der Waals surface area contributed by atoms with Gasteiger partial charge in [0.05, 0.1) is 11.9 Å². The van der Waals surface area contributed by atoms with Gasteiger partial charge in [0.1, 0.15) is 12.6 Å². The standard InChI is InChI=1S/C27H39N3O4S/c1-8-21(5)28-27(32)22(6)29(17-23-11-9-10-20(4)16-23)26(31)18-30(35(7,33)34)25-14-12-24(13-15-25)19(2)3/h9-16,19,21-22H,8,17-18H2,1-7H3,(H,28,32)/t21-,22+/m0/s1. The zero-order chi connectivity index (χ0) is 26.3. The lowest BCUT2D eigenvalue weighted by molar-refractivity contribution is -0.139. The largest absolute Gasteiger partial charge is 0.352 e. The van der Waals surface area contributed by atoms with Crippen molar-refractivity contribution in [3.63, 3.8) is 0 Å². The Morgan fingerprint density at radius 2 is 1.63 bits per heavy atom. The fourth-order valence-corrected chi connectivity index (χ4v) is 4.54. The smallest absolute Gasteiger partial charge is 0.244 e. The van der Waals surface area contributed by atoms with E-state index in [1.807, 2.05) is 57.2 Å². The quantitative estimate of drug-likeness (QED) is 0.500. The van der Waals surface area contributed by atoms with Crippen molar-refractivity contribution < 1.29 is 18.0 Å². The molecule has 0 aliphatic heterocycles. The van der Waals surface area contributed by atoms with Crippen molar-refractivity contribution in [2.24, 2.45) is 0 Å². The molecular weight excluding hydrogens is 462 g/mol. The van der Waals surface area contributed by atoms with E-state index in [-0.39, 0.29) is 18.5 Å². The van der Waals surface area contributed by atoms with Crippen LogP contribution in [0.25, 0.3) is 0 Å². The second kappa shape index (κ2) is 12.2. The lowest BCUT2D eigenvalue weighted by atomic mass is 10.0. The molecule has 0 aliphatic rings. The second-order valence-electron chi connectivity index (χ2n) is 9.52. The van der Waals surface area contributed by atoms with Crippen molar-refractivity contribution in [1.29, 1.82) is 0 Å². The molecule has 0 aromatic heterocycles. The number of anilines is 1. The molecular formula is C27H39N3O4S. The summed E-state index contributed by atoms with van der Waals surface area (Å²) in [4.78, 5) is 28.0. The van der Waals surface area contributed by atoms with Gasteiger partial charge in [-0.3, -0.25) is 13.9 Å². The fourth-order valence-electron chi connectivity index (χ4n) is 3.69. The van der Waals surface area contributed by atoms with Crippen molar-refractivity contribution in [2.75, 3.05) is 17.1 Å². The van der Waals surface area contributed by atoms with Crippen molar-refractivity contribution in [1.82, 2.24) is 10.2 Å². The van der Waals surface area contributed by atoms with Gasteiger partial charge in [0.2, 0.25) is 21.8 Å². The first-order chi connectivity index (χ1) is 16.3. The zero-order valence-corrected chi connectivity index (χ0v) is 22.7. The van der Waals surface area contributed by atoms with Crippen molar-refractivity contribution in [3.05, 3.63) is 65.2 Å². The molecule has 0 heterocycles. The highest BCUT2D eigenvalue weighted by Crippen LogP contribution is 2.23. The van der Waals surface area contributed by atoms with E-state index in [0.29, 0.717) is 11.6 Å². The number of carbonyl (C=O) groups is 2. The Morgan fingerprint density at radius 1 is 1.00 bits per heavy atom. The first-order valence-electron chi connectivity index (χ1n) is 12.1. The highest BCUT2D eigenvalue weighted by molar-refractivity contribution is 7.92. The van der Waals surface area contributed by atoms with Crippen LogP contribution in [-0.2, 0) is 26.2 Å². The summed E-state index contributed by atoms with van der Waals surface area (Å²) in [5, 5.41) is 2.93. The SMILES string of the molecule is CC[C@H](C)NC(=O)[C@@H](C)N(Cc1cccc(C)c1)C(=O)CN(c1ccc(C(C)C)cc1)S(C)(=O)=O. The van der Waals surface area contributed by atoms with Gasteiger partial charge < -0.3 is 10.2 Å². The molecule has 0 unspecified atom stereocenters. The number of sulfonamides is 1. The van der Waals surface area contributed by atoms with Crippen molar-refractivity contribution in [3.8, 4) is 0 Å². The average molecular weight is 502 g/mol. The van der Waals surface area contributed by atoms with Crippen LogP contribution in [0.3, 0.4) is 0 Å².